The topological polar surface area (TPSA) is 95.8 Å². The fourth-order valence-electron chi connectivity index (χ4n) is 4.38. The Bertz CT molecular complexity index is 1230. The van der Waals surface area contributed by atoms with E-state index in [0.717, 1.165) is 42.0 Å². The van der Waals surface area contributed by atoms with E-state index < -0.39 is 10.0 Å². The third-order valence-corrected chi connectivity index (χ3v) is 9.13. The zero-order valence-electron chi connectivity index (χ0n) is 19.1. The molecule has 2 aromatic rings. The Morgan fingerprint density at radius 1 is 1.18 bits per heavy atom. The largest absolute Gasteiger partial charge is 0.355 e. The summed E-state index contributed by atoms with van der Waals surface area (Å²) in [4.78, 5) is 29.1. The molecular weight excluding hydrogens is 498 g/mol. The molecule has 2 fully saturated rings. The molecule has 0 unspecified atom stereocenters. The van der Waals surface area contributed by atoms with Crippen molar-refractivity contribution in [3.63, 3.8) is 0 Å². The number of carbonyl (C=O) groups excluding carboxylic acids is 1. The lowest BCUT2D eigenvalue weighted by Crippen LogP contribution is -2.57. The summed E-state index contributed by atoms with van der Waals surface area (Å²) in [6.07, 6.45) is 3.32. The SMILES string of the molecule is C[C@H]1CN(CC2CCN(c3ccc(=O)n(C)n3)CC2)C(=O)CN1S(=O)(=O)/C=C/c1ccc(Cl)s1. The number of hydrogen-bond acceptors (Lipinski definition) is 7. The maximum Gasteiger partial charge on any atom is 0.266 e. The third-order valence-electron chi connectivity index (χ3n) is 6.31. The molecule has 0 aromatic carbocycles. The molecular formula is C22H28ClN5O4S2. The van der Waals surface area contributed by atoms with Crippen molar-refractivity contribution >= 4 is 50.8 Å². The summed E-state index contributed by atoms with van der Waals surface area (Å²) in [7, 11) is -2.09. The van der Waals surface area contributed by atoms with Crippen LogP contribution in [0.4, 0.5) is 5.82 Å². The second kappa shape index (κ2) is 10.2. The van der Waals surface area contributed by atoms with Crippen LogP contribution >= 0.6 is 22.9 Å². The van der Waals surface area contributed by atoms with Gasteiger partial charge in [0.2, 0.25) is 15.9 Å². The van der Waals surface area contributed by atoms with Gasteiger partial charge in [-0.2, -0.15) is 9.40 Å². The van der Waals surface area contributed by atoms with Crippen molar-refractivity contribution in [3.8, 4) is 0 Å². The predicted molar refractivity (Wildman–Crippen MR) is 134 cm³/mol. The van der Waals surface area contributed by atoms with Crippen LogP contribution in [0.2, 0.25) is 4.34 Å². The Labute approximate surface area is 208 Å². The summed E-state index contributed by atoms with van der Waals surface area (Å²) in [5.41, 5.74) is -0.140. The molecule has 2 aliphatic rings. The molecule has 0 spiro atoms. The fourth-order valence-corrected chi connectivity index (χ4v) is 6.77. The van der Waals surface area contributed by atoms with Crippen LogP contribution in [-0.4, -0.2) is 72.1 Å². The van der Waals surface area contributed by atoms with Gasteiger partial charge in [0.05, 0.1) is 10.9 Å². The van der Waals surface area contributed by atoms with E-state index >= 15 is 0 Å². The van der Waals surface area contributed by atoms with Crippen LogP contribution in [-0.2, 0) is 21.9 Å². The number of sulfonamides is 1. The first kappa shape index (κ1) is 24.9. The number of aryl methyl sites for hydroxylation is 1. The van der Waals surface area contributed by atoms with E-state index in [1.165, 1.54) is 32.5 Å². The molecule has 0 saturated carbocycles. The van der Waals surface area contributed by atoms with Crippen molar-refractivity contribution in [2.45, 2.75) is 25.8 Å². The van der Waals surface area contributed by atoms with E-state index in [2.05, 4.69) is 10.00 Å². The molecule has 184 valence electrons. The minimum Gasteiger partial charge on any atom is -0.355 e. The highest BCUT2D eigenvalue weighted by molar-refractivity contribution is 7.92. The molecule has 2 aromatic heterocycles. The Balaban J connectivity index is 1.32. The van der Waals surface area contributed by atoms with Crippen LogP contribution in [0.5, 0.6) is 0 Å². The zero-order valence-corrected chi connectivity index (χ0v) is 21.5. The summed E-state index contributed by atoms with van der Waals surface area (Å²) >= 11 is 7.20. The van der Waals surface area contributed by atoms with E-state index in [1.807, 2.05) is 6.92 Å². The smallest absolute Gasteiger partial charge is 0.266 e. The van der Waals surface area contributed by atoms with Crippen molar-refractivity contribution in [1.82, 2.24) is 19.0 Å². The van der Waals surface area contributed by atoms with Crippen molar-refractivity contribution < 1.29 is 13.2 Å². The molecule has 9 nitrogen and oxygen atoms in total. The number of rotatable bonds is 6. The molecule has 2 aliphatic heterocycles. The van der Waals surface area contributed by atoms with Crippen LogP contribution < -0.4 is 10.5 Å². The molecule has 0 aliphatic carbocycles. The quantitative estimate of drug-likeness (QED) is 0.574. The average Bonchev–Trinajstić information content (AvgIpc) is 3.22. The van der Waals surface area contributed by atoms with Gasteiger partial charge in [-0.15, -0.1) is 11.3 Å². The molecule has 2 saturated heterocycles. The van der Waals surface area contributed by atoms with E-state index in [9.17, 15) is 18.0 Å². The summed E-state index contributed by atoms with van der Waals surface area (Å²) in [6.45, 7) is 4.27. The van der Waals surface area contributed by atoms with Crippen LogP contribution in [0.3, 0.4) is 0 Å². The van der Waals surface area contributed by atoms with Crippen molar-refractivity contribution in [2.24, 2.45) is 13.0 Å². The monoisotopic (exact) mass is 525 g/mol. The van der Waals surface area contributed by atoms with Gasteiger partial charge in [-0.05, 0) is 50.0 Å². The van der Waals surface area contributed by atoms with Gasteiger partial charge >= 0.3 is 0 Å². The first-order valence-electron chi connectivity index (χ1n) is 11.1. The van der Waals surface area contributed by atoms with Gasteiger partial charge in [-0.25, -0.2) is 13.1 Å². The lowest BCUT2D eigenvalue weighted by molar-refractivity contribution is -0.136. The van der Waals surface area contributed by atoms with Gasteiger partial charge in [0, 0.05) is 55.6 Å². The van der Waals surface area contributed by atoms with Crippen LogP contribution in [0.15, 0.2) is 34.5 Å². The van der Waals surface area contributed by atoms with Gasteiger partial charge < -0.3 is 9.80 Å². The van der Waals surface area contributed by atoms with Crippen LogP contribution in [0.25, 0.3) is 6.08 Å². The second-order valence-electron chi connectivity index (χ2n) is 8.77. The third kappa shape index (κ3) is 5.70. The van der Waals surface area contributed by atoms with Crippen molar-refractivity contribution in [2.75, 3.05) is 37.6 Å². The van der Waals surface area contributed by atoms with Gasteiger partial charge in [0.25, 0.3) is 5.56 Å². The molecule has 34 heavy (non-hydrogen) atoms. The normalized spacial score (nSPS) is 21.0. The molecule has 4 rings (SSSR count). The number of aromatic nitrogens is 2. The van der Waals surface area contributed by atoms with Gasteiger partial charge in [-0.1, -0.05) is 11.6 Å². The highest BCUT2D eigenvalue weighted by atomic mass is 35.5. The Kier molecular flexibility index (Phi) is 7.46. The van der Waals surface area contributed by atoms with E-state index in [4.69, 9.17) is 11.6 Å². The summed E-state index contributed by atoms with van der Waals surface area (Å²) in [6, 6.07) is 6.43. The minimum atomic E-state index is -3.72. The molecule has 0 bridgehead atoms. The molecule has 0 radical (unpaired) electrons. The number of carbonyl (C=O) groups is 1. The van der Waals surface area contributed by atoms with Crippen molar-refractivity contribution in [3.05, 3.63) is 49.2 Å². The van der Waals surface area contributed by atoms with Gasteiger partial charge in [-0.3, -0.25) is 9.59 Å². The summed E-state index contributed by atoms with van der Waals surface area (Å²) in [5, 5.41) is 5.47. The van der Waals surface area contributed by atoms with Crippen LogP contribution in [0.1, 0.15) is 24.6 Å². The molecule has 4 heterocycles. The molecule has 12 heteroatoms. The Morgan fingerprint density at radius 2 is 1.91 bits per heavy atom. The summed E-state index contributed by atoms with van der Waals surface area (Å²) in [5.74, 6) is 0.949. The highest BCUT2D eigenvalue weighted by Crippen LogP contribution is 2.26. The van der Waals surface area contributed by atoms with E-state index in [1.54, 1.807) is 30.1 Å². The van der Waals surface area contributed by atoms with Gasteiger partial charge in [0.15, 0.2) is 0 Å². The maximum absolute atomic E-state index is 12.8. The van der Waals surface area contributed by atoms with Crippen molar-refractivity contribution in [1.29, 1.82) is 0 Å². The van der Waals surface area contributed by atoms with Crippen LogP contribution in [0, 0.1) is 5.92 Å². The summed E-state index contributed by atoms with van der Waals surface area (Å²) < 4.78 is 28.9. The molecule has 1 amide bonds. The minimum absolute atomic E-state index is 0.140. The standard InChI is InChI=1S/C22H28ClN5O4S2/c1-16-13-27(14-17-7-10-26(11-8-17)20-5-6-21(29)25(2)24-20)22(30)15-28(16)34(31,32)12-9-18-3-4-19(23)33-18/h3-6,9,12,16-17H,7-8,10-11,13-15H2,1-2H3/b12-9+/t16-/m0/s1. The maximum atomic E-state index is 12.8. The number of hydrogen-bond donors (Lipinski definition) is 0. The number of anilines is 1. The molecule has 1 atom stereocenters. The predicted octanol–water partition coefficient (Wildman–Crippen LogP) is 2.25. The van der Waals surface area contributed by atoms with Gasteiger partial charge in [0.1, 0.15) is 5.82 Å². The van der Waals surface area contributed by atoms with E-state index in [-0.39, 0.29) is 24.1 Å². The second-order valence-corrected chi connectivity index (χ2v) is 12.3. The lowest BCUT2D eigenvalue weighted by atomic mass is 9.95. The average molecular weight is 526 g/mol. The number of nitrogens with zero attached hydrogens (tertiary/aromatic N) is 5. The number of piperazine rings is 1. The zero-order chi connectivity index (χ0) is 24.5. The Hall–Kier alpha value is -2.21. The first-order valence-corrected chi connectivity index (χ1v) is 13.8. The lowest BCUT2D eigenvalue weighted by Gasteiger charge is -2.41. The number of piperidine rings is 1. The molecule has 0 N–H and O–H groups in total. The number of amides is 1. The number of halogens is 1. The first-order chi connectivity index (χ1) is 16.1. The number of thiophene rings is 1. The highest BCUT2D eigenvalue weighted by Gasteiger charge is 2.36. The Morgan fingerprint density at radius 3 is 2.56 bits per heavy atom. The van der Waals surface area contributed by atoms with E-state index in [0.29, 0.717) is 23.3 Å². The fraction of sp³-hybridized carbons (Fsp3) is 0.500.